The fourth-order valence-corrected chi connectivity index (χ4v) is 5.17. The summed E-state index contributed by atoms with van der Waals surface area (Å²) in [6.07, 6.45) is 2.84. The number of aromatic nitrogens is 2. The maximum atomic E-state index is 6.54. The SMILES string of the molecule is CCCN1C(=S)N[C@@H](c2ccccn2)[C@@H]1c1cc(C)n(-c2ccc(Cl)cc2Cl)c1C. The number of rotatable bonds is 5. The largest absolute Gasteiger partial charge is 0.352 e. The van der Waals surface area contributed by atoms with Crippen LogP contribution in [0.1, 0.15) is 48.1 Å². The van der Waals surface area contributed by atoms with E-state index in [0.29, 0.717) is 10.0 Å². The van der Waals surface area contributed by atoms with Crippen molar-refractivity contribution in [3.8, 4) is 5.69 Å². The van der Waals surface area contributed by atoms with Crippen molar-refractivity contribution in [3.63, 3.8) is 0 Å². The Labute approximate surface area is 192 Å². The zero-order chi connectivity index (χ0) is 21.4. The van der Waals surface area contributed by atoms with E-state index in [9.17, 15) is 0 Å². The number of halogens is 2. The van der Waals surface area contributed by atoms with Gasteiger partial charge in [-0.1, -0.05) is 36.2 Å². The molecule has 3 aromatic rings. The third-order valence-electron chi connectivity index (χ3n) is 5.60. The molecule has 0 amide bonds. The van der Waals surface area contributed by atoms with E-state index in [1.807, 2.05) is 30.5 Å². The summed E-state index contributed by atoms with van der Waals surface area (Å²) in [6.45, 7) is 7.28. The first-order valence-corrected chi connectivity index (χ1v) is 11.2. The van der Waals surface area contributed by atoms with E-state index in [1.54, 1.807) is 6.07 Å². The van der Waals surface area contributed by atoms with Gasteiger partial charge >= 0.3 is 0 Å². The maximum absolute atomic E-state index is 6.54. The number of thiocarbonyl (C=S) groups is 1. The fraction of sp³-hybridized carbons (Fsp3) is 0.304. The van der Waals surface area contributed by atoms with E-state index in [2.05, 4.69) is 52.7 Å². The number of benzene rings is 1. The van der Waals surface area contributed by atoms with Crippen LogP contribution in [0.3, 0.4) is 0 Å². The molecule has 2 aromatic heterocycles. The van der Waals surface area contributed by atoms with Gasteiger partial charge in [-0.3, -0.25) is 4.98 Å². The summed E-state index contributed by atoms with van der Waals surface area (Å²) in [5.74, 6) is 0. The summed E-state index contributed by atoms with van der Waals surface area (Å²) in [4.78, 5) is 6.90. The molecule has 0 aliphatic carbocycles. The van der Waals surface area contributed by atoms with Gasteiger partial charge in [-0.15, -0.1) is 0 Å². The van der Waals surface area contributed by atoms with E-state index in [1.165, 1.54) is 5.56 Å². The molecule has 1 fully saturated rings. The Kier molecular flexibility index (Phi) is 6.05. The molecule has 0 radical (unpaired) electrons. The zero-order valence-electron chi connectivity index (χ0n) is 17.2. The number of hydrogen-bond acceptors (Lipinski definition) is 2. The fourth-order valence-electron chi connectivity index (χ4n) is 4.35. The number of hydrogen-bond donors (Lipinski definition) is 1. The monoisotopic (exact) mass is 458 g/mol. The van der Waals surface area contributed by atoms with Gasteiger partial charge < -0.3 is 14.8 Å². The average molecular weight is 459 g/mol. The van der Waals surface area contributed by atoms with E-state index in [0.717, 1.165) is 40.8 Å². The van der Waals surface area contributed by atoms with E-state index >= 15 is 0 Å². The molecule has 30 heavy (non-hydrogen) atoms. The van der Waals surface area contributed by atoms with Crippen LogP contribution in [0, 0.1) is 13.8 Å². The van der Waals surface area contributed by atoms with Gasteiger partial charge in [0.2, 0.25) is 0 Å². The summed E-state index contributed by atoms with van der Waals surface area (Å²) in [5, 5.41) is 5.53. The third kappa shape index (κ3) is 3.70. The number of aryl methyl sites for hydroxylation is 1. The van der Waals surface area contributed by atoms with Crippen molar-refractivity contribution in [2.45, 2.75) is 39.3 Å². The van der Waals surface area contributed by atoms with Crippen molar-refractivity contribution in [2.75, 3.05) is 6.54 Å². The molecule has 3 heterocycles. The van der Waals surface area contributed by atoms with Crippen LogP contribution in [-0.2, 0) is 0 Å². The second kappa shape index (κ2) is 8.58. The van der Waals surface area contributed by atoms with Gasteiger partial charge in [0.15, 0.2) is 5.11 Å². The normalized spacial score (nSPS) is 18.7. The van der Waals surface area contributed by atoms with Crippen LogP contribution < -0.4 is 5.32 Å². The molecule has 156 valence electrons. The van der Waals surface area contributed by atoms with Crippen LogP contribution in [0.15, 0.2) is 48.7 Å². The summed E-state index contributed by atoms with van der Waals surface area (Å²) in [5.41, 5.74) is 5.37. The van der Waals surface area contributed by atoms with E-state index in [4.69, 9.17) is 35.4 Å². The smallest absolute Gasteiger partial charge is 0.170 e. The Balaban J connectivity index is 1.85. The van der Waals surface area contributed by atoms with Gasteiger partial charge in [0.05, 0.1) is 28.5 Å². The summed E-state index contributed by atoms with van der Waals surface area (Å²) >= 11 is 18.4. The first-order chi connectivity index (χ1) is 14.4. The minimum Gasteiger partial charge on any atom is -0.352 e. The molecule has 1 saturated heterocycles. The summed E-state index contributed by atoms with van der Waals surface area (Å²) in [6, 6.07) is 13.9. The molecule has 0 bridgehead atoms. The summed E-state index contributed by atoms with van der Waals surface area (Å²) < 4.78 is 2.19. The van der Waals surface area contributed by atoms with Crippen LogP contribution >= 0.6 is 35.4 Å². The van der Waals surface area contributed by atoms with Gasteiger partial charge in [-0.25, -0.2) is 0 Å². The first kappa shape index (κ1) is 21.2. The number of nitrogens with zero attached hydrogens (tertiary/aromatic N) is 3. The molecule has 0 saturated carbocycles. The van der Waals surface area contributed by atoms with Crippen LogP contribution in [0.4, 0.5) is 0 Å². The highest BCUT2D eigenvalue weighted by Gasteiger charge is 2.41. The maximum Gasteiger partial charge on any atom is 0.170 e. The minimum absolute atomic E-state index is 0.0140. The highest BCUT2D eigenvalue weighted by atomic mass is 35.5. The molecular weight excluding hydrogens is 435 g/mol. The summed E-state index contributed by atoms with van der Waals surface area (Å²) in [7, 11) is 0. The molecule has 0 spiro atoms. The van der Waals surface area contributed by atoms with Crippen molar-refractivity contribution >= 4 is 40.5 Å². The molecular formula is C23H24Cl2N4S. The molecule has 0 unspecified atom stereocenters. The Morgan fingerprint density at radius 2 is 1.93 bits per heavy atom. The van der Waals surface area contributed by atoms with Gasteiger partial charge in [-0.2, -0.15) is 0 Å². The average Bonchev–Trinajstić information content (AvgIpc) is 3.19. The molecule has 1 aromatic carbocycles. The molecule has 4 nitrogen and oxygen atoms in total. The Morgan fingerprint density at radius 3 is 2.60 bits per heavy atom. The van der Waals surface area contributed by atoms with E-state index < -0.39 is 0 Å². The first-order valence-electron chi connectivity index (χ1n) is 10.0. The second-order valence-electron chi connectivity index (χ2n) is 7.58. The molecule has 7 heteroatoms. The molecule has 1 N–H and O–H groups in total. The van der Waals surface area contributed by atoms with Crippen molar-refractivity contribution in [1.29, 1.82) is 0 Å². The van der Waals surface area contributed by atoms with E-state index in [-0.39, 0.29) is 12.1 Å². The van der Waals surface area contributed by atoms with Crippen LogP contribution in [0.2, 0.25) is 10.0 Å². The van der Waals surface area contributed by atoms with Gasteiger partial charge in [0.1, 0.15) is 0 Å². The molecule has 1 aliphatic heterocycles. The molecule has 1 aliphatic rings. The van der Waals surface area contributed by atoms with Crippen molar-refractivity contribution in [2.24, 2.45) is 0 Å². The molecule has 4 rings (SSSR count). The highest BCUT2D eigenvalue weighted by molar-refractivity contribution is 7.80. The molecule has 2 atom stereocenters. The predicted molar refractivity (Wildman–Crippen MR) is 128 cm³/mol. The zero-order valence-corrected chi connectivity index (χ0v) is 19.5. The lowest BCUT2D eigenvalue weighted by atomic mass is 9.96. The van der Waals surface area contributed by atoms with Crippen LogP contribution in [0.5, 0.6) is 0 Å². The van der Waals surface area contributed by atoms with Crippen molar-refractivity contribution < 1.29 is 0 Å². The van der Waals surface area contributed by atoms with Crippen molar-refractivity contribution in [1.82, 2.24) is 19.8 Å². The van der Waals surface area contributed by atoms with Gasteiger partial charge in [0, 0.05) is 29.2 Å². The third-order valence-corrected chi connectivity index (χ3v) is 6.49. The lowest BCUT2D eigenvalue weighted by molar-refractivity contribution is 0.316. The minimum atomic E-state index is -0.0140. The van der Waals surface area contributed by atoms with Crippen LogP contribution in [0.25, 0.3) is 5.69 Å². The second-order valence-corrected chi connectivity index (χ2v) is 8.81. The lowest BCUT2D eigenvalue weighted by Crippen LogP contribution is -2.30. The Morgan fingerprint density at radius 1 is 1.13 bits per heavy atom. The quantitative estimate of drug-likeness (QED) is 0.462. The van der Waals surface area contributed by atoms with Crippen LogP contribution in [-0.4, -0.2) is 26.1 Å². The van der Waals surface area contributed by atoms with Gasteiger partial charge in [0.25, 0.3) is 0 Å². The highest BCUT2D eigenvalue weighted by Crippen LogP contribution is 2.42. The standard InChI is InChI=1S/C23H24Cl2N4S/c1-4-11-28-22(21(27-23(28)30)19-7-5-6-10-26-19)17-12-14(2)29(15(17)3)20-9-8-16(24)13-18(20)25/h5-10,12-13,21-22H,4,11H2,1-3H3,(H,27,30)/t21-,22-/m0/s1. The number of nitrogens with one attached hydrogen (secondary N) is 1. The van der Waals surface area contributed by atoms with Gasteiger partial charge in [-0.05, 0) is 74.4 Å². The lowest BCUT2D eigenvalue weighted by Gasteiger charge is -2.27. The number of pyridine rings is 1. The Bertz CT molecular complexity index is 1080. The predicted octanol–water partition coefficient (Wildman–Crippen LogP) is 6.18. The Hall–Kier alpha value is -2.08. The van der Waals surface area contributed by atoms with Crippen molar-refractivity contribution in [3.05, 3.63) is 81.4 Å². The topological polar surface area (TPSA) is 33.1 Å².